The summed E-state index contributed by atoms with van der Waals surface area (Å²) in [6.45, 7) is 6.33. The Morgan fingerprint density at radius 3 is 2.55 bits per heavy atom. The van der Waals surface area contributed by atoms with Crippen molar-refractivity contribution < 1.29 is 17.9 Å². The SMILES string of the molecule is CC(C)NC(=O)CSc1nnc(-c2ccc(S(=O)(=O)N3CCCC3)cc2)n1C[C@H]1CCCO1. The molecule has 1 atom stereocenters. The van der Waals surface area contributed by atoms with Gasteiger partial charge in [0, 0.05) is 31.3 Å². The average Bonchev–Trinajstić information content (AvgIpc) is 3.55. The molecule has 2 aromatic rings. The van der Waals surface area contributed by atoms with Crippen LogP contribution in [0.25, 0.3) is 11.4 Å². The number of thioether (sulfide) groups is 1. The minimum Gasteiger partial charge on any atom is -0.376 e. The maximum absolute atomic E-state index is 12.8. The summed E-state index contributed by atoms with van der Waals surface area (Å²) in [5, 5.41) is 12.2. The molecule has 0 spiro atoms. The van der Waals surface area contributed by atoms with Crippen LogP contribution in [0.15, 0.2) is 34.3 Å². The van der Waals surface area contributed by atoms with Crippen molar-refractivity contribution in [2.75, 3.05) is 25.4 Å². The van der Waals surface area contributed by atoms with E-state index in [1.807, 2.05) is 18.4 Å². The number of carbonyl (C=O) groups is 1. The third kappa shape index (κ3) is 5.76. The van der Waals surface area contributed by atoms with Crippen LogP contribution in [-0.2, 0) is 26.1 Å². The fraction of sp³-hybridized carbons (Fsp3) is 0.591. The lowest BCUT2D eigenvalue weighted by Crippen LogP contribution is -2.31. The van der Waals surface area contributed by atoms with Gasteiger partial charge in [-0.25, -0.2) is 8.42 Å². The minimum absolute atomic E-state index is 0.0558. The molecule has 0 saturated carbocycles. The maximum Gasteiger partial charge on any atom is 0.243 e. The van der Waals surface area contributed by atoms with E-state index in [4.69, 9.17) is 4.74 Å². The first-order valence-corrected chi connectivity index (χ1v) is 13.8. The minimum atomic E-state index is -3.47. The number of aromatic nitrogens is 3. The van der Waals surface area contributed by atoms with E-state index in [1.165, 1.54) is 11.8 Å². The monoisotopic (exact) mass is 493 g/mol. The van der Waals surface area contributed by atoms with Gasteiger partial charge in [0.25, 0.3) is 0 Å². The molecule has 1 amide bonds. The van der Waals surface area contributed by atoms with Gasteiger partial charge in [0.05, 0.1) is 23.3 Å². The molecule has 0 bridgehead atoms. The highest BCUT2D eigenvalue weighted by atomic mass is 32.2. The van der Waals surface area contributed by atoms with E-state index in [9.17, 15) is 13.2 Å². The van der Waals surface area contributed by atoms with Gasteiger partial charge in [0.15, 0.2) is 11.0 Å². The fourth-order valence-electron chi connectivity index (χ4n) is 4.11. The van der Waals surface area contributed by atoms with Crippen LogP contribution in [0.3, 0.4) is 0 Å². The zero-order valence-corrected chi connectivity index (χ0v) is 20.7. The molecule has 11 heteroatoms. The number of carbonyl (C=O) groups excluding carboxylic acids is 1. The topological polar surface area (TPSA) is 106 Å². The third-order valence-electron chi connectivity index (χ3n) is 5.72. The van der Waals surface area contributed by atoms with Crippen molar-refractivity contribution in [2.24, 2.45) is 0 Å². The van der Waals surface area contributed by atoms with E-state index in [0.29, 0.717) is 35.5 Å². The van der Waals surface area contributed by atoms with Crippen LogP contribution >= 0.6 is 11.8 Å². The first kappa shape index (κ1) is 24.2. The normalized spacial score (nSPS) is 19.4. The molecular formula is C22H31N5O4S2. The van der Waals surface area contributed by atoms with Gasteiger partial charge in [-0.1, -0.05) is 11.8 Å². The van der Waals surface area contributed by atoms with Crippen molar-refractivity contribution in [2.45, 2.75) is 68.3 Å². The Kier molecular flexibility index (Phi) is 7.72. The van der Waals surface area contributed by atoms with Crippen LogP contribution in [0.2, 0.25) is 0 Å². The highest BCUT2D eigenvalue weighted by Crippen LogP contribution is 2.28. The summed E-state index contributed by atoms with van der Waals surface area (Å²) >= 11 is 1.34. The molecule has 33 heavy (non-hydrogen) atoms. The molecule has 3 heterocycles. The molecule has 1 aromatic carbocycles. The van der Waals surface area contributed by atoms with Gasteiger partial charge in [-0.05, 0) is 63.8 Å². The van der Waals surface area contributed by atoms with Crippen LogP contribution < -0.4 is 5.32 Å². The molecule has 0 aliphatic carbocycles. The Balaban J connectivity index is 1.56. The molecule has 0 unspecified atom stereocenters. The Morgan fingerprint density at radius 2 is 1.91 bits per heavy atom. The molecule has 9 nitrogen and oxygen atoms in total. The number of sulfonamides is 1. The molecule has 180 valence electrons. The predicted molar refractivity (Wildman–Crippen MR) is 126 cm³/mol. The summed E-state index contributed by atoms with van der Waals surface area (Å²) in [5.74, 6) is 0.830. The number of rotatable bonds is 9. The molecule has 0 radical (unpaired) electrons. The van der Waals surface area contributed by atoms with Gasteiger partial charge in [0.1, 0.15) is 0 Å². The van der Waals surface area contributed by atoms with Crippen LogP contribution in [0, 0.1) is 0 Å². The predicted octanol–water partition coefficient (Wildman–Crippen LogP) is 2.53. The van der Waals surface area contributed by atoms with Gasteiger partial charge in [-0.15, -0.1) is 10.2 Å². The Morgan fingerprint density at radius 1 is 1.18 bits per heavy atom. The van der Waals surface area contributed by atoms with Gasteiger partial charge >= 0.3 is 0 Å². The van der Waals surface area contributed by atoms with Crippen molar-refractivity contribution >= 4 is 27.7 Å². The van der Waals surface area contributed by atoms with Gasteiger partial charge < -0.3 is 10.1 Å². The summed E-state index contributed by atoms with van der Waals surface area (Å²) in [6, 6.07) is 6.90. The molecule has 1 aromatic heterocycles. The van der Waals surface area contributed by atoms with Gasteiger partial charge in [-0.2, -0.15) is 4.31 Å². The Bertz CT molecular complexity index is 1060. The third-order valence-corrected chi connectivity index (χ3v) is 8.60. The van der Waals surface area contributed by atoms with Crippen molar-refractivity contribution in [1.29, 1.82) is 0 Å². The largest absolute Gasteiger partial charge is 0.376 e. The van der Waals surface area contributed by atoms with E-state index in [1.54, 1.807) is 28.6 Å². The second kappa shape index (κ2) is 10.5. The lowest BCUT2D eigenvalue weighted by molar-refractivity contribution is -0.119. The number of nitrogens with zero attached hydrogens (tertiary/aromatic N) is 4. The molecule has 2 aliphatic heterocycles. The summed E-state index contributed by atoms with van der Waals surface area (Å²) in [6.07, 6.45) is 3.85. The van der Waals surface area contributed by atoms with Crippen molar-refractivity contribution in [1.82, 2.24) is 24.4 Å². The van der Waals surface area contributed by atoms with Crippen molar-refractivity contribution in [3.05, 3.63) is 24.3 Å². The van der Waals surface area contributed by atoms with E-state index in [2.05, 4.69) is 15.5 Å². The van der Waals surface area contributed by atoms with E-state index >= 15 is 0 Å². The maximum atomic E-state index is 12.8. The van der Waals surface area contributed by atoms with Crippen molar-refractivity contribution in [3.63, 3.8) is 0 Å². The summed E-state index contributed by atoms with van der Waals surface area (Å²) < 4.78 is 35.0. The quantitative estimate of drug-likeness (QED) is 0.535. The van der Waals surface area contributed by atoms with Crippen LogP contribution in [-0.4, -0.2) is 71.0 Å². The van der Waals surface area contributed by atoms with Crippen LogP contribution in [0.4, 0.5) is 0 Å². The van der Waals surface area contributed by atoms with E-state index < -0.39 is 10.0 Å². The number of benzene rings is 1. The van der Waals surface area contributed by atoms with E-state index in [0.717, 1.165) is 37.9 Å². The first-order chi connectivity index (χ1) is 15.8. The Hall–Kier alpha value is -1.95. The summed E-state index contributed by atoms with van der Waals surface area (Å²) in [7, 11) is -3.47. The van der Waals surface area contributed by atoms with Gasteiger partial charge in [-0.3, -0.25) is 9.36 Å². The number of ether oxygens (including phenoxy) is 1. The first-order valence-electron chi connectivity index (χ1n) is 11.4. The second-order valence-electron chi connectivity index (χ2n) is 8.70. The zero-order chi connectivity index (χ0) is 23.4. The summed E-state index contributed by atoms with van der Waals surface area (Å²) in [5.41, 5.74) is 0.777. The highest BCUT2D eigenvalue weighted by Gasteiger charge is 2.27. The zero-order valence-electron chi connectivity index (χ0n) is 19.1. The number of nitrogens with one attached hydrogen (secondary N) is 1. The Labute approximate surface area is 199 Å². The molecule has 2 saturated heterocycles. The lowest BCUT2D eigenvalue weighted by Gasteiger charge is -2.16. The smallest absolute Gasteiger partial charge is 0.243 e. The average molecular weight is 494 g/mol. The number of hydrogen-bond donors (Lipinski definition) is 1. The summed E-state index contributed by atoms with van der Waals surface area (Å²) in [4.78, 5) is 12.4. The molecule has 2 aliphatic rings. The molecular weight excluding hydrogens is 462 g/mol. The van der Waals surface area contributed by atoms with E-state index in [-0.39, 0.29) is 23.8 Å². The highest BCUT2D eigenvalue weighted by molar-refractivity contribution is 7.99. The molecule has 2 fully saturated rings. The molecule has 4 rings (SSSR count). The van der Waals surface area contributed by atoms with Crippen molar-refractivity contribution in [3.8, 4) is 11.4 Å². The molecule has 1 N–H and O–H groups in total. The van der Waals surface area contributed by atoms with Crippen LogP contribution in [0.1, 0.15) is 39.5 Å². The lowest BCUT2D eigenvalue weighted by atomic mass is 10.2. The second-order valence-corrected chi connectivity index (χ2v) is 11.6. The fourth-order valence-corrected chi connectivity index (χ4v) is 6.39. The van der Waals surface area contributed by atoms with Crippen LogP contribution in [0.5, 0.6) is 0 Å². The number of hydrogen-bond acceptors (Lipinski definition) is 7. The standard InChI is InChI=1S/C22H31N5O4S2/c1-16(2)23-20(28)15-32-22-25-24-21(27(22)14-18-6-5-13-31-18)17-7-9-19(10-8-17)33(29,30)26-11-3-4-12-26/h7-10,16,18H,3-6,11-15H2,1-2H3,(H,23,28)/t18-/m1/s1. The van der Waals surface area contributed by atoms with Gasteiger partial charge in [0.2, 0.25) is 15.9 Å². The number of amides is 1.